The van der Waals surface area contributed by atoms with Gasteiger partial charge in [-0.1, -0.05) is 60.7 Å². The van der Waals surface area contributed by atoms with Gasteiger partial charge in [-0.15, -0.1) is 6.82 Å². The van der Waals surface area contributed by atoms with Gasteiger partial charge < -0.3 is 9.88 Å². The van der Waals surface area contributed by atoms with Crippen molar-refractivity contribution in [2.75, 3.05) is 0 Å². The van der Waals surface area contributed by atoms with E-state index in [1.807, 2.05) is 67.5 Å². The Balaban J connectivity index is 1.79. The number of rotatable bonds is 3. The van der Waals surface area contributed by atoms with Gasteiger partial charge in [-0.3, -0.25) is 4.79 Å². The second-order valence-corrected chi connectivity index (χ2v) is 5.45. The zero-order chi connectivity index (χ0) is 14.0. The molecule has 0 saturated carbocycles. The summed E-state index contributed by atoms with van der Waals surface area (Å²) in [4.78, 5) is 12.1. The van der Waals surface area contributed by atoms with Crippen molar-refractivity contribution < 1.29 is 9.45 Å². The van der Waals surface area contributed by atoms with Crippen molar-refractivity contribution in [1.82, 2.24) is 5.23 Å². The molecule has 2 aromatic rings. The Morgan fingerprint density at radius 3 is 2.30 bits per heavy atom. The van der Waals surface area contributed by atoms with Gasteiger partial charge in [0, 0.05) is 0 Å². The Bertz CT molecular complexity index is 602. The summed E-state index contributed by atoms with van der Waals surface area (Å²) in [6.45, 7) is 0.497. The fraction of sp³-hybridized carbons (Fsp3) is 0.188. The van der Waals surface area contributed by atoms with Gasteiger partial charge in [0.15, 0.2) is 0 Å². The maximum absolute atomic E-state index is 12.1. The largest absolute Gasteiger partial charge is 0.670 e. The lowest BCUT2D eigenvalue weighted by molar-refractivity contribution is -0.134. The summed E-state index contributed by atoms with van der Waals surface area (Å²) in [6.07, 6.45) is 0.657. The van der Waals surface area contributed by atoms with Gasteiger partial charge in [-0.2, -0.15) is 5.46 Å². The predicted molar refractivity (Wildman–Crippen MR) is 80.9 cm³/mol. The molecule has 0 radical (unpaired) electrons. The third-order valence-corrected chi connectivity index (χ3v) is 3.87. The highest BCUT2D eigenvalue weighted by molar-refractivity contribution is 6.85. The molecule has 1 fully saturated rings. The molecule has 1 saturated heterocycles. The van der Waals surface area contributed by atoms with Crippen LogP contribution in [-0.2, 0) is 15.9 Å². The van der Waals surface area contributed by atoms with E-state index in [9.17, 15) is 4.79 Å². The maximum Gasteiger partial charge on any atom is 0.273 e. The van der Waals surface area contributed by atoms with Crippen LogP contribution in [0.2, 0.25) is 6.82 Å². The summed E-state index contributed by atoms with van der Waals surface area (Å²) in [5.74, 6) is -0.166. The first-order valence-corrected chi connectivity index (χ1v) is 6.96. The van der Waals surface area contributed by atoms with Crippen molar-refractivity contribution in [3.8, 4) is 0 Å². The highest BCUT2D eigenvalue weighted by Crippen LogP contribution is 2.16. The van der Waals surface area contributed by atoms with Gasteiger partial charge in [-0.25, -0.2) is 0 Å². The fourth-order valence-electron chi connectivity index (χ4n) is 2.78. The molecule has 3 rings (SSSR count). The molecule has 3 nitrogen and oxygen atoms in total. The first kappa shape index (κ1) is 12.9. The topological polar surface area (TPSA) is 38.3 Å². The van der Waals surface area contributed by atoms with E-state index in [1.165, 1.54) is 0 Å². The van der Waals surface area contributed by atoms with Crippen LogP contribution < -0.4 is 10.7 Å². The van der Waals surface area contributed by atoms with E-state index in [4.69, 9.17) is 4.65 Å². The normalized spacial score (nSPS) is 25.4. The second-order valence-electron chi connectivity index (χ2n) is 5.45. The maximum atomic E-state index is 12.1. The Morgan fingerprint density at radius 1 is 1.05 bits per heavy atom. The van der Waals surface area contributed by atoms with Crippen molar-refractivity contribution in [3.63, 3.8) is 0 Å². The van der Waals surface area contributed by atoms with Crippen molar-refractivity contribution in [1.29, 1.82) is 0 Å². The first-order chi connectivity index (χ1) is 9.67. The average Bonchev–Trinajstić information content (AvgIpc) is 2.77. The van der Waals surface area contributed by atoms with Gasteiger partial charge in [0.2, 0.25) is 0 Å². The molecule has 1 unspecified atom stereocenters. The summed E-state index contributed by atoms with van der Waals surface area (Å²) in [7, 11) is 0. The molecule has 2 aromatic carbocycles. The molecule has 0 aliphatic carbocycles. The van der Waals surface area contributed by atoms with Crippen LogP contribution in [0.4, 0.5) is 0 Å². The third-order valence-electron chi connectivity index (χ3n) is 3.87. The Morgan fingerprint density at radius 2 is 1.65 bits per heavy atom. The summed E-state index contributed by atoms with van der Waals surface area (Å²) < 4.78 is 5.63. The Labute approximate surface area is 118 Å². The number of hydrogen-bond donors (Lipinski definition) is 1. The molecule has 2 atom stereocenters. The Kier molecular flexibility index (Phi) is 3.32. The van der Waals surface area contributed by atoms with Crippen LogP contribution in [0.1, 0.15) is 5.56 Å². The number of nitrogens with one attached hydrogen (secondary N) is 1. The van der Waals surface area contributed by atoms with Gasteiger partial charge in [0.05, 0.1) is 6.04 Å². The molecule has 1 N–H and O–H groups in total. The standard InChI is InChI=1S/C16H17BNO2/c1-17(14-10-6-3-7-11-14)18-15(16(19)20-17)12-13-8-4-2-5-9-13/h2-11,15,18H,12H2,1H3/q-1/t15-,17?/m0/s1. The molecule has 0 spiro atoms. The molecule has 0 bridgehead atoms. The van der Waals surface area contributed by atoms with Crippen molar-refractivity contribution >= 4 is 17.9 Å². The van der Waals surface area contributed by atoms with Gasteiger partial charge in [0.25, 0.3) is 12.5 Å². The smallest absolute Gasteiger partial charge is 0.273 e. The number of benzene rings is 2. The molecule has 1 aliphatic rings. The summed E-state index contributed by atoms with van der Waals surface area (Å²) in [5, 5.41) is 3.37. The highest BCUT2D eigenvalue weighted by atomic mass is 16.5. The number of carbonyl (C=O) groups is 1. The van der Waals surface area contributed by atoms with E-state index < -0.39 is 6.48 Å². The lowest BCUT2D eigenvalue weighted by Gasteiger charge is -2.31. The van der Waals surface area contributed by atoms with Gasteiger partial charge in [-0.05, 0) is 12.0 Å². The van der Waals surface area contributed by atoms with Crippen molar-refractivity contribution in [3.05, 3.63) is 66.2 Å². The van der Waals surface area contributed by atoms with Crippen LogP contribution in [0.25, 0.3) is 0 Å². The summed E-state index contributed by atoms with van der Waals surface area (Å²) >= 11 is 0. The van der Waals surface area contributed by atoms with Crippen LogP contribution in [0.5, 0.6) is 0 Å². The van der Waals surface area contributed by atoms with Crippen LogP contribution in [0.3, 0.4) is 0 Å². The zero-order valence-electron chi connectivity index (χ0n) is 11.5. The van der Waals surface area contributed by atoms with E-state index in [2.05, 4.69) is 5.23 Å². The summed E-state index contributed by atoms with van der Waals surface area (Å²) in [6, 6.07) is 19.6. The Hall–Kier alpha value is -2.07. The first-order valence-electron chi connectivity index (χ1n) is 6.96. The third kappa shape index (κ3) is 2.47. The molecule has 0 amide bonds. The number of hydrogen-bond acceptors (Lipinski definition) is 3. The predicted octanol–water partition coefficient (Wildman–Crippen LogP) is 1.72. The highest BCUT2D eigenvalue weighted by Gasteiger charge is 2.38. The monoisotopic (exact) mass is 266 g/mol. The van der Waals surface area contributed by atoms with Crippen LogP contribution in [0.15, 0.2) is 60.7 Å². The van der Waals surface area contributed by atoms with E-state index in [0.717, 1.165) is 11.0 Å². The van der Waals surface area contributed by atoms with Crippen LogP contribution in [-0.4, -0.2) is 18.5 Å². The minimum absolute atomic E-state index is 0.166. The van der Waals surface area contributed by atoms with E-state index >= 15 is 0 Å². The summed E-state index contributed by atoms with van der Waals surface area (Å²) in [5.41, 5.74) is 2.16. The average molecular weight is 266 g/mol. The lowest BCUT2D eigenvalue weighted by atomic mass is 9.49. The molecule has 1 aliphatic heterocycles. The molecule has 0 aromatic heterocycles. The van der Waals surface area contributed by atoms with E-state index in [0.29, 0.717) is 6.42 Å². The number of carbonyl (C=O) groups excluding carboxylic acids is 1. The van der Waals surface area contributed by atoms with Crippen LogP contribution >= 0.6 is 0 Å². The molecule has 20 heavy (non-hydrogen) atoms. The molecule has 4 heteroatoms. The van der Waals surface area contributed by atoms with E-state index in [-0.39, 0.29) is 12.0 Å². The minimum Gasteiger partial charge on any atom is -0.670 e. The fourth-order valence-corrected chi connectivity index (χ4v) is 2.78. The van der Waals surface area contributed by atoms with Gasteiger partial charge >= 0.3 is 0 Å². The lowest BCUT2D eigenvalue weighted by Crippen LogP contribution is -2.57. The molecule has 1 heterocycles. The van der Waals surface area contributed by atoms with Crippen molar-refractivity contribution in [2.45, 2.75) is 19.3 Å². The van der Waals surface area contributed by atoms with Gasteiger partial charge in [0.1, 0.15) is 0 Å². The SMILES string of the molecule is C[B-]1(c2ccccc2)N[C@@H](Cc2ccccc2)C(=O)O1. The second kappa shape index (κ2) is 5.14. The molecular formula is C16H17BNO2-. The van der Waals surface area contributed by atoms with Crippen LogP contribution in [0, 0.1) is 0 Å². The zero-order valence-corrected chi connectivity index (χ0v) is 11.5. The van der Waals surface area contributed by atoms with Crippen molar-refractivity contribution in [2.24, 2.45) is 0 Å². The molecule has 102 valence electrons. The quantitative estimate of drug-likeness (QED) is 0.860. The molecular weight excluding hydrogens is 249 g/mol. The minimum atomic E-state index is -1.46. The van der Waals surface area contributed by atoms with E-state index in [1.54, 1.807) is 0 Å².